The van der Waals surface area contributed by atoms with Crippen molar-refractivity contribution in [1.82, 2.24) is 9.97 Å². The van der Waals surface area contributed by atoms with Crippen molar-refractivity contribution in [2.45, 2.75) is 20.8 Å². The van der Waals surface area contributed by atoms with E-state index in [-0.39, 0.29) is 11.9 Å². The number of amides is 1. The molecule has 1 aromatic carbocycles. The lowest BCUT2D eigenvalue weighted by molar-refractivity contribution is -0.112. The number of ether oxygens (including phenoxy) is 1. The maximum absolute atomic E-state index is 11.9. The summed E-state index contributed by atoms with van der Waals surface area (Å²) in [5.41, 5.74) is 2.25. The molecule has 0 saturated heterocycles. The van der Waals surface area contributed by atoms with Gasteiger partial charge in [0.2, 0.25) is 0 Å². The first-order chi connectivity index (χ1) is 10.1. The molecule has 0 unspecified atom stereocenters. The fourth-order valence-electron chi connectivity index (χ4n) is 1.59. The van der Waals surface area contributed by atoms with Crippen molar-refractivity contribution in [2.75, 3.05) is 5.32 Å². The predicted octanol–water partition coefficient (Wildman–Crippen LogP) is 3.48. The topological polar surface area (TPSA) is 64.1 Å². The Morgan fingerprint density at radius 2 is 2.00 bits per heavy atom. The van der Waals surface area contributed by atoms with Crippen molar-refractivity contribution >= 4 is 11.6 Å². The molecule has 108 valence electrons. The lowest BCUT2D eigenvalue weighted by atomic mass is 10.2. The molecule has 0 spiro atoms. The number of carbonyl (C=O) groups is 1. The van der Waals surface area contributed by atoms with Gasteiger partial charge in [-0.25, -0.2) is 9.97 Å². The van der Waals surface area contributed by atoms with Crippen LogP contribution in [0.25, 0.3) is 0 Å². The standard InChI is InChI=1S/C16H17N3O2/c1-4-11(2)15(20)19-13-7-6-12(3)14(10-13)21-16-17-8-5-9-18-16/h4-10H,1-3H3,(H,19,20)/b11-4+. The van der Waals surface area contributed by atoms with E-state index in [9.17, 15) is 4.79 Å². The third-order valence-corrected chi connectivity index (χ3v) is 2.98. The van der Waals surface area contributed by atoms with Crippen LogP contribution in [0.4, 0.5) is 5.69 Å². The second-order valence-electron chi connectivity index (χ2n) is 4.54. The van der Waals surface area contributed by atoms with Crippen LogP contribution < -0.4 is 10.1 Å². The molecule has 0 radical (unpaired) electrons. The van der Waals surface area contributed by atoms with Gasteiger partial charge >= 0.3 is 6.01 Å². The molecular weight excluding hydrogens is 266 g/mol. The molecule has 21 heavy (non-hydrogen) atoms. The Labute approximate surface area is 123 Å². The van der Waals surface area contributed by atoms with Crippen LogP contribution in [0.5, 0.6) is 11.8 Å². The summed E-state index contributed by atoms with van der Waals surface area (Å²) in [6.45, 7) is 5.51. The van der Waals surface area contributed by atoms with Gasteiger partial charge in [0.25, 0.3) is 5.91 Å². The summed E-state index contributed by atoms with van der Waals surface area (Å²) in [5, 5.41) is 2.82. The van der Waals surface area contributed by atoms with Gasteiger partial charge in [-0.15, -0.1) is 0 Å². The number of hydrogen-bond donors (Lipinski definition) is 1. The molecule has 1 N–H and O–H groups in total. The zero-order valence-corrected chi connectivity index (χ0v) is 12.3. The molecule has 0 atom stereocenters. The molecule has 0 aliphatic carbocycles. The molecule has 0 bridgehead atoms. The quantitative estimate of drug-likeness (QED) is 0.872. The SMILES string of the molecule is C/C=C(\C)C(=O)Nc1ccc(C)c(Oc2ncccn2)c1. The monoisotopic (exact) mass is 283 g/mol. The zero-order valence-electron chi connectivity index (χ0n) is 12.3. The first-order valence-electron chi connectivity index (χ1n) is 6.60. The summed E-state index contributed by atoms with van der Waals surface area (Å²) >= 11 is 0. The molecule has 1 aromatic heterocycles. The molecule has 5 heteroatoms. The minimum Gasteiger partial charge on any atom is -0.424 e. The zero-order chi connectivity index (χ0) is 15.2. The van der Waals surface area contributed by atoms with Gasteiger partial charge in [-0.05, 0) is 38.5 Å². The number of nitrogens with zero attached hydrogens (tertiary/aromatic N) is 2. The van der Waals surface area contributed by atoms with Crippen molar-refractivity contribution < 1.29 is 9.53 Å². The number of aryl methyl sites for hydroxylation is 1. The van der Waals surface area contributed by atoms with Gasteiger partial charge in [-0.3, -0.25) is 4.79 Å². The highest BCUT2D eigenvalue weighted by molar-refractivity contribution is 6.03. The van der Waals surface area contributed by atoms with E-state index in [0.29, 0.717) is 17.0 Å². The summed E-state index contributed by atoms with van der Waals surface area (Å²) in [5.74, 6) is 0.473. The van der Waals surface area contributed by atoms with Gasteiger partial charge in [-0.1, -0.05) is 12.1 Å². The molecule has 2 rings (SSSR count). The summed E-state index contributed by atoms with van der Waals surface area (Å²) in [6, 6.07) is 7.45. The van der Waals surface area contributed by atoms with E-state index in [2.05, 4.69) is 15.3 Å². The minimum atomic E-state index is -0.136. The van der Waals surface area contributed by atoms with Crippen molar-refractivity contribution in [2.24, 2.45) is 0 Å². The first kappa shape index (κ1) is 14.7. The fraction of sp³-hybridized carbons (Fsp3) is 0.188. The fourth-order valence-corrected chi connectivity index (χ4v) is 1.59. The molecule has 0 fully saturated rings. The Kier molecular flexibility index (Phi) is 4.66. The van der Waals surface area contributed by atoms with E-state index < -0.39 is 0 Å². The van der Waals surface area contributed by atoms with Gasteiger partial charge in [0, 0.05) is 29.7 Å². The molecule has 1 amide bonds. The van der Waals surface area contributed by atoms with Crippen LogP contribution in [-0.2, 0) is 4.79 Å². The Morgan fingerprint density at radius 3 is 2.67 bits per heavy atom. The summed E-state index contributed by atoms with van der Waals surface area (Å²) in [4.78, 5) is 19.9. The largest absolute Gasteiger partial charge is 0.424 e. The number of anilines is 1. The number of rotatable bonds is 4. The smallest absolute Gasteiger partial charge is 0.321 e. The maximum atomic E-state index is 11.9. The molecular formula is C16H17N3O2. The number of allylic oxidation sites excluding steroid dienone is 1. The van der Waals surface area contributed by atoms with Crippen LogP contribution in [0.15, 0.2) is 48.3 Å². The van der Waals surface area contributed by atoms with Crippen LogP contribution in [0.1, 0.15) is 19.4 Å². The van der Waals surface area contributed by atoms with Crippen molar-refractivity contribution in [3.05, 3.63) is 53.9 Å². The highest BCUT2D eigenvalue weighted by atomic mass is 16.5. The van der Waals surface area contributed by atoms with Gasteiger partial charge in [0.1, 0.15) is 5.75 Å². The van der Waals surface area contributed by atoms with E-state index >= 15 is 0 Å². The van der Waals surface area contributed by atoms with Gasteiger partial charge in [0.05, 0.1) is 0 Å². The number of benzene rings is 1. The highest BCUT2D eigenvalue weighted by Crippen LogP contribution is 2.26. The molecule has 0 aliphatic rings. The number of aromatic nitrogens is 2. The predicted molar refractivity (Wildman–Crippen MR) is 81.3 cm³/mol. The third-order valence-electron chi connectivity index (χ3n) is 2.98. The lowest BCUT2D eigenvalue weighted by Crippen LogP contribution is -2.12. The number of hydrogen-bond acceptors (Lipinski definition) is 4. The second kappa shape index (κ2) is 6.65. The van der Waals surface area contributed by atoms with E-state index in [1.807, 2.05) is 26.0 Å². The van der Waals surface area contributed by atoms with Gasteiger partial charge < -0.3 is 10.1 Å². The molecule has 5 nitrogen and oxygen atoms in total. The van der Waals surface area contributed by atoms with Crippen LogP contribution >= 0.6 is 0 Å². The summed E-state index contributed by atoms with van der Waals surface area (Å²) in [7, 11) is 0. The Bertz CT molecular complexity index is 666. The molecule has 0 saturated carbocycles. The first-order valence-corrected chi connectivity index (χ1v) is 6.60. The average Bonchev–Trinajstić information content (AvgIpc) is 2.50. The van der Waals surface area contributed by atoms with Crippen LogP contribution in [0.2, 0.25) is 0 Å². The Morgan fingerprint density at radius 1 is 1.29 bits per heavy atom. The minimum absolute atomic E-state index is 0.136. The molecule has 2 aromatic rings. The second-order valence-corrected chi connectivity index (χ2v) is 4.54. The van der Waals surface area contributed by atoms with Crippen molar-refractivity contribution in [1.29, 1.82) is 0 Å². The lowest BCUT2D eigenvalue weighted by Gasteiger charge is -2.10. The van der Waals surface area contributed by atoms with E-state index in [4.69, 9.17) is 4.74 Å². The summed E-state index contributed by atoms with van der Waals surface area (Å²) in [6.07, 6.45) is 4.98. The number of carbonyl (C=O) groups excluding carboxylic acids is 1. The van der Waals surface area contributed by atoms with E-state index in [1.165, 1.54) is 0 Å². The van der Waals surface area contributed by atoms with E-state index in [1.54, 1.807) is 37.5 Å². The molecule has 1 heterocycles. The van der Waals surface area contributed by atoms with Crippen molar-refractivity contribution in [3.8, 4) is 11.8 Å². The highest BCUT2D eigenvalue weighted by Gasteiger charge is 2.08. The van der Waals surface area contributed by atoms with Gasteiger partial charge in [-0.2, -0.15) is 0 Å². The summed E-state index contributed by atoms with van der Waals surface area (Å²) < 4.78 is 5.63. The van der Waals surface area contributed by atoms with E-state index in [0.717, 1.165) is 5.56 Å². The molecule has 0 aliphatic heterocycles. The van der Waals surface area contributed by atoms with Gasteiger partial charge in [0.15, 0.2) is 0 Å². The van der Waals surface area contributed by atoms with Crippen molar-refractivity contribution in [3.63, 3.8) is 0 Å². The maximum Gasteiger partial charge on any atom is 0.321 e. The Hall–Kier alpha value is -2.69. The third kappa shape index (κ3) is 3.89. The normalized spacial score (nSPS) is 11.1. The van der Waals surface area contributed by atoms with Crippen LogP contribution in [0, 0.1) is 6.92 Å². The van der Waals surface area contributed by atoms with Crippen LogP contribution in [-0.4, -0.2) is 15.9 Å². The average molecular weight is 283 g/mol. The number of nitrogens with one attached hydrogen (secondary N) is 1. The van der Waals surface area contributed by atoms with Crippen LogP contribution in [0.3, 0.4) is 0 Å². The Balaban J connectivity index is 2.19.